The Balaban J connectivity index is 2.97. The van der Waals surface area contributed by atoms with Crippen molar-refractivity contribution in [1.82, 2.24) is 16.0 Å². The third-order valence-electron chi connectivity index (χ3n) is 4.75. The van der Waals surface area contributed by atoms with Crippen molar-refractivity contribution >= 4 is 29.6 Å². The molecule has 0 aromatic heterocycles. The van der Waals surface area contributed by atoms with Gasteiger partial charge in [-0.1, -0.05) is 30.3 Å². The summed E-state index contributed by atoms with van der Waals surface area (Å²) in [7, 11) is 0. The largest absolute Gasteiger partial charge is 0.480 e. The predicted octanol–water partition coefficient (Wildman–Crippen LogP) is -2.24. The van der Waals surface area contributed by atoms with Crippen LogP contribution < -0.4 is 27.4 Å². The zero-order valence-electron chi connectivity index (χ0n) is 18.5. The van der Waals surface area contributed by atoms with E-state index in [1.165, 1.54) is 13.8 Å². The fourth-order valence-corrected chi connectivity index (χ4v) is 2.79. The molecule has 0 aliphatic carbocycles. The van der Waals surface area contributed by atoms with E-state index >= 15 is 0 Å². The molecule has 5 atom stereocenters. The molecular formula is C21H31N5O7. The van der Waals surface area contributed by atoms with Crippen LogP contribution in [0.5, 0.6) is 0 Å². The van der Waals surface area contributed by atoms with Gasteiger partial charge in [-0.15, -0.1) is 0 Å². The summed E-state index contributed by atoms with van der Waals surface area (Å²) >= 11 is 0. The fraction of sp³-hybridized carbons (Fsp3) is 0.476. The second-order valence-electron chi connectivity index (χ2n) is 7.66. The van der Waals surface area contributed by atoms with E-state index in [1.807, 2.05) is 0 Å². The predicted molar refractivity (Wildman–Crippen MR) is 117 cm³/mol. The molecular weight excluding hydrogens is 434 g/mol. The van der Waals surface area contributed by atoms with Crippen molar-refractivity contribution in [2.45, 2.75) is 63.4 Å². The van der Waals surface area contributed by atoms with Crippen molar-refractivity contribution in [3.63, 3.8) is 0 Å². The number of amides is 4. The number of hydrogen-bond donors (Lipinski definition) is 7. The maximum absolute atomic E-state index is 12.8. The van der Waals surface area contributed by atoms with E-state index in [-0.39, 0.29) is 19.3 Å². The molecule has 12 nitrogen and oxygen atoms in total. The zero-order chi connectivity index (χ0) is 25.1. The van der Waals surface area contributed by atoms with E-state index in [9.17, 15) is 29.1 Å². The topological polar surface area (TPSA) is 214 Å². The van der Waals surface area contributed by atoms with Crippen LogP contribution in [0.3, 0.4) is 0 Å². The van der Waals surface area contributed by atoms with Gasteiger partial charge in [0, 0.05) is 12.8 Å². The Kier molecular flexibility index (Phi) is 11.0. The van der Waals surface area contributed by atoms with Crippen molar-refractivity contribution in [2.24, 2.45) is 11.5 Å². The van der Waals surface area contributed by atoms with E-state index in [4.69, 9.17) is 16.6 Å². The first-order valence-corrected chi connectivity index (χ1v) is 10.3. The van der Waals surface area contributed by atoms with Crippen molar-refractivity contribution in [3.05, 3.63) is 35.9 Å². The molecule has 0 spiro atoms. The van der Waals surface area contributed by atoms with E-state index in [0.717, 1.165) is 0 Å². The third kappa shape index (κ3) is 9.66. The van der Waals surface area contributed by atoms with Crippen LogP contribution in [0, 0.1) is 0 Å². The molecule has 33 heavy (non-hydrogen) atoms. The van der Waals surface area contributed by atoms with Crippen molar-refractivity contribution < 1.29 is 34.2 Å². The second-order valence-corrected chi connectivity index (χ2v) is 7.66. The smallest absolute Gasteiger partial charge is 0.325 e. The number of carboxylic acid groups (broad SMARTS) is 1. The fourth-order valence-electron chi connectivity index (χ4n) is 2.79. The molecule has 1 aromatic carbocycles. The van der Waals surface area contributed by atoms with Crippen LogP contribution in [0.25, 0.3) is 0 Å². The Bertz CT molecular complexity index is 847. The lowest BCUT2D eigenvalue weighted by Gasteiger charge is -2.26. The summed E-state index contributed by atoms with van der Waals surface area (Å²) in [4.78, 5) is 59.8. The molecule has 0 heterocycles. The number of aliphatic hydroxyl groups is 1. The molecule has 1 aromatic rings. The Morgan fingerprint density at radius 2 is 1.55 bits per heavy atom. The molecule has 0 radical (unpaired) electrons. The quantitative estimate of drug-likeness (QED) is 0.169. The number of benzene rings is 1. The maximum Gasteiger partial charge on any atom is 0.325 e. The van der Waals surface area contributed by atoms with Gasteiger partial charge in [0.15, 0.2) is 0 Å². The normalized spacial score (nSPS) is 15.3. The number of primary amides is 1. The van der Waals surface area contributed by atoms with E-state index in [0.29, 0.717) is 5.56 Å². The summed E-state index contributed by atoms with van der Waals surface area (Å²) in [5.74, 6) is -4.32. The summed E-state index contributed by atoms with van der Waals surface area (Å²) in [5.41, 5.74) is 11.4. The van der Waals surface area contributed by atoms with Crippen molar-refractivity contribution in [1.29, 1.82) is 0 Å². The molecule has 0 aliphatic rings. The van der Waals surface area contributed by atoms with Crippen LogP contribution in [0.2, 0.25) is 0 Å². The first-order chi connectivity index (χ1) is 15.4. The molecule has 1 rings (SSSR count). The number of aliphatic hydroxyl groups excluding tert-OH is 1. The van der Waals surface area contributed by atoms with Gasteiger partial charge in [-0.25, -0.2) is 0 Å². The molecule has 0 saturated carbocycles. The lowest BCUT2D eigenvalue weighted by molar-refractivity contribution is -0.142. The van der Waals surface area contributed by atoms with Crippen molar-refractivity contribution in [2.75, 3.05) is 0 Å². The summed E-state index contributed by atoms with van der Waals surface area (Å²) < 4.78 is 0. The van der Waals surface area contributed by atoms with Crippen molar-refractivity contribution in [3.8, 4) is 0 Å². The average Bonchev–Trinajstić information content (AvgIpc) is 2.75. The molecule has 5 unspecified atom stereocenters. The lowest BCUT2D eigenvalue weighted by Crippen LogP contribution is -2.60. The van der Waals surface area contributed by atoms with Crippen LogP contribution in [0.15, 0.2) is 30.3 Å². The Labute approximate surface area is 191 Å². The molecule has 9 N–H and O–H groups in total. The Hall–Kier alpha value is -3.51. The molecule has 0 bridgehead atoms. The summed E-state index contributed by atoms with van der Waals surface area (Å²) in [5, 5.41) is 26.1. The van der Waals surface area contributed by atoms with Crippen LogP contribution in [0.1, 0.15) is 32.3 Å². The first kappa shape index (κ1) is 27.5. The highest BCUT2D eigenvalue weighted by Gasteiger charge is 2.32. The monoisotopic (exact) mass is 465 g/mol. The number of aliphatic carboxylic acids is 1. The van der Waals surface area contributed by atoms with Crippen LogP contribution in [0.4, 0.5) is 0 Å². The lowest BCUT2D eigenvalue weighted by atomic mass is 10.0. The van der Waals surface area contributed by atoms with Crippen LogP contribution in [-0.2, 0) is 30.4 Å². The SMILES string of the molecule is CC(NC(=O)C(Cc1ccccc1)NC(=O)C(NC(=O)C(N)CCC(N)=O)C(C)O)C(=O)O. The van der Waals surface area contributed by atoms with Gasteiger partial charge >= 0.3 is 5.97 Å². The Morgan fingerprint density at radius 3 is 2.06 bits per heavy atom. The van der Waals surface area contributed by atoms with Gasteiger partial charge in [-0.3, -0.25) is 24.0 Å². The highest BCUT2D eigenvalue weighted by Crippen LogP contribution is 2.06. The minimum Gasteiger partial charge on any atom is -0.480 e. The highest BCUT2D eigenvalue weighted by atomic mass is 16.4. The number of carboxylic acids is 1. The van der Waals surface area contributed by atoms with Gasteiger partial charge in [-0.2, -0.15) is 0 Å². The molecule has 4 amide bonds. The van der Waals surface area contributed by atoms with Crippen LogP contribution >= 0.6 is 0 Å². The maximum atomic E-state index is 12.8. The van der Waals surface area contributed by atoms with Gasteiger partial charge in [0.2, 0.25) is 23.6 Å². The van der Waals surface area contributed by atoms with E-state index < -0.39 is 59.9 Å². The first-order valence-electron chi connectivity index (χ1n) is 10.3. The molecule has 12 heteroatoms. The Morgan fingerprint density at radius 1 is 0.939 bits per heavy atom. The third-order valence-corrected chi connectivity index (χ3v) is 4.75. The van der Waals surface area contributed by atoms with Gasteiger partial charge in [0.1, 0.15) is 18.1 Å². The van der Waals surface area contributed by atoms with Gasteiger partial charge < -0.3 is 37.6 Å². The number of hydrogen-bond acceptors (Lipinski definition) is 7. The zero-order valence-corrected chi connectivity index (χ0v) is 18.5. The standard InChI is InChI=1S/C21H31N5O7/c1-11(21(32)33)24-19(30)15(10-13-6-4-3-5-7-13)25-20(31)17(12(2)27)26-18(29)14(22)8-9-16(23)28/h3-7,11-12,14-15,17,27H,8-10,22H2,1-2H3,(H2,23,28)(H,24,30)(H,25,31)(H,26,29)(H,32,33). The molecule has 182 valence electrons. The number of rotatable bonds is 13. The summed E-state index contributed by atoms with van der Waals surface area (Å²) in [6, 6.07) is 3.68. The minimum absolute atomic E-state index is 0.0311. The van der Waals surface area contributed by atoms with E-state index in [1.54, 1.807) is 30.3 Å². The number of carbonyl (C=O) groups is 5. The molecule has 0 aliphatic heterocycles. The average molecular weight is 466 g/mol. The summed E-state index contributed by atoms with van der Waals surface area (Å²) in [6.45, 7) is 2.53. The number of carbonyl (C=O) groups excluding carboxylic acids is 4. The molecule has 0 fully saturated rings. The number of nitrogens with one attached hydrogen (secondary N) is 3. The minimum atomic E-state index is -1.46. The number of nitrogens with two attached hydrogens (primary N) is 2. The van der Waals surface area contributed by atoms with Gasteiger partial charge in [0.25, 0.3) is 0 Å². The van der Waals surface area contributed by atoms with E-state index in [2.05, 4.69) is 16.0 Å². The second kappa shape index (κ2) is 13.1. The van der Waals surface area contributed by atoms with Gasteiger partial charge in [0.05, 0.1) is 12.1 Å². The van der Waals surface area contributed by atoms with Gasteiger partial charge in [-0.05, 0) is 25.8 Å². The molecule has 0 saturated heterocycles. The summed E-state index contributed by atoms with van der Waals surface area (Å²) in [6.07, 6.45) is -1.51. The highest BCUT2D eigenvalue weighted by molar-refractivity contribution is 5.94. The van der Waals surface area contributed by atoms with Crippen LogP contribution in [-0.4, -0.2) is 70.1 Å².